The van der Waals surface area contributed by atoms with E-state index >= 15 is 0 Å². The lowest BCUT2D eigenvalue weighted by Gasteiger charge is -2.32. The van der Waals surface area contributed by atoms with Crippen molar-refractivity contribution in [3.8, 4) is 5.75 Å². The monoisotopic (exact) mass is 436 g/mol. The number of nitrogens with one attached hydrogen (secondary N) is 1. The molecule has 3 rings (SSSR count). The maximum Gasteiger partial charge on any atom is 0.308 e. The molecule has 154 valence electrons. The van der Waals surface area contributed by atoms with Crippen LogP contribution in [0.1, 0.15) is 30.1 Å². The lowest BCUT2D eigenvalue weighted by Crippen LogP contribution is -2.46. The van der Waals surface area contributed by atoms with Crippen molar-refractivity contribution in [2.75, 3.05) is 13.1 Å². The number of rotatable bonds is 5. The molecule has 0 aromatic heterocycles. The topological polar surface area (TPSA) is 92.8 Å². The Morgan fingerprint density at radius 2 is 1.76 bits per heavy atom. The molecule has 7 nitrogen and oxygen atoms in total. The molecule has 2 aromatic carbocycles. The molecule has 0 saturated carbocycles. The summed E-state index contributed by atoms with van der Waals surface area (Å²) < 4.78 is 32.7. The molecule has 2 aromatic rings. The molecule has 0 bridgehead atoms. The number of esters is 1. The minimum Gasteiger partial charge on any atom is -0.427 e. The Balaban J connectivity index is 1.59. The molecule has 9 heteroatoms. The summed E-state index contributed by atoms with van der Waals surface area (Å²) in [5, 5.41) is 0.466. The highest BCUT2D eigenvalue weighted by molar-refractivity contribution is 7.89. The lowest BCUT2D eigenvalue weighted by atomic mass is 10.0. The maximum absolute atomic E-state index is 12.7. The molecule has 0 atom stereocenters. The van der Waals surface area contributed by atoms with E-state index in [1.54, 1.807) is 23.1 Å². The molecule has 0 spiro atoms. The van der Waals surface area contributed by atoms with Crippen LogP contribution in [0.2, 0.25) is 5.02 Å². The lowest BCUT2D eigenvalue weighted by molar-refractivity contribution is -0.131. The highest BCUT2D eigenvalue weighted by Gasteiger charge is 2.27. The first kappa shape index (κ1) is 21.3. The predicted octanol–water partition coefficient (Wildman–Crippen LogP) is 2.85. The van der Waals surface area contributed by atoms with Gasteiger partial charge >= 0.3 is 5.97 Å². The van der Waals surface area contributed by atoms with Gasteiger partial charge in [-0.1, -0.05) is 17.7 Å². The van der Waals surface area contributed by atoms with Gasteiger partial charge in [-0.15, -0.1) is 0 Å². The molecule has 1 fully saturated rings. The standard InChI is InChI=1S/C20H21ClN2O5S/c1-14(24)28-18-4-2-3-15(13-18)20(25)23-11-9-17(10-12-23)22-29(26,27)19-7-5-16(21)6-8-19/h2-8,13,17,22H,9-12H2,1H3. The van der Waals surface area contributed by atoms with Gasteiger partial charge in [-0.05, 0) is 55.3 Å². The number of likely N-dealkylation sites (tertiary alicyclic amines) is 1. The number of amides is 1. The van der Waals surface area contributed by atoms with Crippen molar-refractivity contribution < 1.29 is 22.7 Å². The minimum absolute atomic E-state index is 0.155. The molecular formula is C20H21ClN2O5S. The maximum atomic E-state index is 12.7. The Hall–Kier alpha value is -2.42. The van der Waals surface area contributed by atoms with Crippen LogP contribution in [0.25, 0.3) is 0 Å². The fraction of sp³-hybridized carbons (Fsp3) is 0.300. The molecule has 1 amide bonds. The zero-order valence-electron chi connectivity index (χ0n) is 15.8. The van der Waals surface area contributed by atoms with Crippen molar-refractivity contribution in [3.05, 3.63) is 59.1 Å². The summed E-state index contributed by atoms with van der Waals surface area (Å²) in [5.74, 6) is -0.324. The first-order chi connectivity index (χ1) is 13.7. The van der Waals surface area contributed by atoms with E-state index in [4.69, 9.17) is 16.3 Å². The van der Waals surface area contributed by atoms with E-state index in [2.05, 4.69) is 4.72 Å². The molecule has 1 N–H and O–H groups in total. The molecule has 1 aliphatic rings. The number of benzene rings is 2. The van der Waals surface area contributed by atoms with Crippen LogP contribution in [0.3, 0.4) is 0 Å². The van der Waals surface area contributed by atoms with Gasteiger partial charge in [0.25, 0.3) is 5.91 Å². The van der Waals surface area contributed by atoms with Gasteiger partial charge in [0.1, 0.15) is 5.75 Å². The number of ether oxygens (including phenoxy) is 1. The van der Waals surface area contributed by atoms with E-state index in [1.807, 2.05) is 0 Å². The van der Waals surface area contributed by atoms with Crippen LogP contribution in [0.5, 0.6) is 5.75 Å². The third kappa shape index (κ3) is 5.56. The van der Waals surface area contributed by atoms with Gasteiger partial charge in [0.15, 0.2) is 0 Å². The summed E-state index contributed by atoms with van der Waals surface area (Å²) in [6, 6.07) is 12.2. The van der Waals surface area contributed by atoms with E-state index in [0.29, 0.717) is 42.3 Å². The number of hydrogen-bond acceptors (Lipinski definition) is 5. The van der Waals surface area contributed by atoms with Crippen LogP contribution in [0.4, 0.5) is 0 Å². The molecule has 1 saturated heterocycles. The van der Waals surface area contributed by atoms with Gasteiger partial charge in [-0.2, -0.15) is 0 Å². The zero-order chi connectivity index (χ0) is 21.0. The average Bonchev–Trinajstić information content (AvgIpc) is 2.68. The molecule has 1 aliphatic heterocycles. The fourth-order valence-electron chi connectivity index (χ4n) is 3.14. The smallest absolute Gasteiger partial charge is 0.308 e. The Kier molecular flexibility index (Phi) is 6.56. The quantitative estimate of drug-likeness (QED) is 0.574. The van der Waals surface area contributed by atoms with Crippen molar-refractivity contribution in [3.63, 3.8) is 0 Å². The first-order valence-electron chi connectivity index (χ1n) is 9.10. The molecule has 0 aliphatic carbocycles. The van der Waals surface area contributed by atoms with E-state index in [-0.39, 0.29) is 16.8 Å². The van der Waals surface area contributed by atoms with Crippen LogP contribution >= 0.6 is 11.6 Å². The van der Waals surface area contributed by atoms with Crippen LogP contribution in [0, 0.1) is 0 Å². The van der Waals surface area contributed by atoms with Gasteiger partial charge in [0, 0.05) is 36.6 Å². The van der Waals surface area contributed by atoms with Crippen LogP contribution in [-0.4, -0.2) is 44.3 Å². The second kappa shape index (κ2) is 8.94. The molecule has 0 unspecified atom stereocenters. The minimum atomic E-state index is -3.64. The molecule has 0 radical (unpaired) electrons. The Bertz CT molecular complexity index is 1000. The van der Waals surface area contributed by atoms with Crippen LogP contribution in [0.15, 0.2) is 53.4 Å². The Morgan fingerprint density at radius 1 is 1.10 bits per heavy atom. The fourth-order valence-corrected chi connectivity index (χ4v) is 4.57. The molecular weight excluding hydrogens is 416 g/mol. The van der Waals surface area contributed by atoms with E-state index < -0.39 is 16.0 Å². The average molecular weight is 437 g/mol. The highest BCUT2D eigenvalue weighted by atomic mass is 35.5. The Labute approximate surface area is 174 Å². The number of nitrogens with zero attached hydrogens (tertiary/aromatic N) is 1. The van der Waals surface area contributed by atoms with Gasteiger partial charge in [0.05, 0.1) is 4.90 Å². The van der Waals surface area contributed by atoms with E-state index in [9.17, 15) is 18.0 Å². The number of halogens is 1. The van der Waals surface area contributed by atoms with Crippen LogP contribution < -0.4 is 9.46 Å². The largest absolute Gasteiger partial charge is 0.427 e. The highest BCUT2D eigenvalue weighted by Crippen LogP contribution is 2.20. The number of carbonyl (C=O) groups is 2. The number of sulfonamides is 1. The normalized spacial score (nSPS) is 15.2. The number of carbonyl (C=O) groups excluding carboxylic acids is 2. The second-order valence-corrected chi connectivity index (χ2v) is 8.91. The first-order valence-corrected chi connectivity index (χ1v) is 11.0. The summed E-state index contributed by atoms with van der Waals surface area (Å²) in [6.45, 7) is 2.14. The van der Waals surface area contributed by atoms with Gasteiger partial charge in [-0.25, -0.2) is 13.1 Å². The summed E-state index contributed by atoms with van der Waals surface area (Å²) >= 11 is 5.81. The number of piperidine rings is 1. The summed E-state index contributed by atoms with van der Waals surface area (Å²) in [6.07, 6.45) is 1.00. The van der Waals surface area contributed by atoms with E-state index in [1.165, 1.54) is 37.3 Å². The van der Waals surface area contributed by atoms with Gasteiger partial charge in [-0.3, -0.25) is 9.59 Å². The third-order valence-electron chi connectivity index (χ3n) is 4.57. The second-order valence-electron chi connectivity index (χ2n) is 6.76. The number of hydrogen-bond donors (Lipinski definition) is 1. The molecule has 29 heavy (non-hydrogen) atoms. The third-order valence-corrected chi connectivity index (χ3v) is 6.36. The van der Waals surface area contributed by atoms with Gasteiger partial charge in [0.2, 0.25) is 10.0 Å². The van der Waals surface area contributed by atoms with Crippen molar-refractivity contribution in [1.29, 1.82) is 0 Å². The van der Waals surface area contributed by atoms with Crippen molar-refractivity contribution in [2.24, 2.45) is 0 Å². The van der Waals surface area contributed by atoms with Crippen LogP contribution in [-0.2, 0) is 14.8 Å². The van der Waals surface area contributed by atoms with Crippen molar-refractivity contribution in [1.82, 2.24) is 9.62 Å². The SMILES string of the molecule is CC(=O)Oc1cccc(C(=O)N2CCC(NS(=O)(=O)c3ccc(Cl)cc3)CC2)c1. The summed E-state index contributed by atoms with van der Waals surface area (Å²) in [4.78, 5) is 25.6. The van der Waals surface area contributed by atoms with Gasteiger partial charge < -0.3 is 9.64 Å². The van der Waals surface area contributed by atoms with Crippen molar-refractivity contribution >= 4 is 33.5 Å². The molecule has 1 heterocycles. The van der Waals surface area contributed by atoms with Crippen molar-refractivity contribution in [2.45, 2.75) is 30.7 Å². The summed E-state index contributed by atoms with van der Waals surface area (Å²) in [7, 11) is -3.64. The Morgan fingerprint density at radius 3 is 2.38 bits per heavy atom. The zero-order valence-corrected chi connectivity index (χ0v) is 17.4. The predicted molar refractivity (Wildman–Crippen MR) is 108 cm³/mol. The van der Waals surface area contributed by atoms with E-state index in [0.717, 1.165) is 0 Å². The summed E-state index contributed by atoms with van der Waals surface area (Å²) in [5.41, 5.74) is 0.420.